The lowest BCUT2D eigenvalue weighted by atomic mass is 10.2. The van der Waals surface area contributed by atoms with Gasteiger partial charge in [0.05, 0.1) is 6.54 Å². The fourth-order valence-corrected chi connectivity index (χ4v) is 1.92. The molecule has 0 aliphatic heterocycles. The topological polar surface area (TPSA) is 88.6 Å². The maximum absolute atomic E-state index is 11.0. The van der Waals surface area contributed by atoms with E-state index in [1.807, 2.05) is 14.1 Å². The molecule has 0 fully saturated rings. The second kappa shape index (κ2) is 6.33. The molecule has 0 spiro atoms. The summed E-state index contributed by atoms with van der Waals surface area (Å²) in [5, 5.41) is 8.03. The second-order valence-electron chi connectivity index (χ2n) is 4.64. The molecule has 3 N–H and O–H groups in total. The predicted octanol–water partition coefficient (Wildman–Crippen LogP) is 0.357. The van der Waals surface area contributed by atoms with Gasteiger partial charge in [0.2, 0.25) is 5.09 Å². The highest BCUT2D eigenvalue weighted by Gasteiger charge is 2.13. The standard InChI is InChI=1S/C11H21N3O3S/c1-9(6-7-14(2)3)13-8-10-4-5-11(17-10)18(12,15)16/h4-5,9,13H,6-8H2,1-3H3,(H2,12,15,16). The van der Waals surface area contributed by atoms with Gasteiger partial charge in [-0.25, -0.2) is 13.6 Å². The fraction of sp³-hybridized carbons (Fsp3) is 0.636. The molecule has 7 heteroatoms. The molecule has 0 radical (unpaired) electrons. The number of hydrogen-bond donors (Lipinski definition) is 2. The third-order valence-electron chi connectivity index (χ3n) is 2.55. The largest absolute Gasteiger partial charge is 0.447 e. The van der Waals surface area contributed by atoms with Crippen LogP contribution >= 0.6 is 0 Å². The van der Waals surface area contributed by atoms with Crippen molar-refractivity contribution in [3.63, 3.8) is 0 Å². The van der Waals surface area contributed by atoms with Crippen molar-refractivity contribution in [2.45, 2.75) is 31.0 Å². The number of nitrogens with one attached hydrogen (secondary N) is 1. The Balaban J connectivity index is 2.42. The number of nitrogens with two attached hydrogens (primary N) is 1. The van der Waals surface area contributed by atoms with Gasteiger partial charge in [-0.05, 0) is 46.1 Å². The lowest BCUT2D eigenvalue weighted by Gasteiger charge is -2.15. The molecule has 104 valence electrons. The van der Waals surface area contributed by atoms with Crippen LogP contribution in [0.1, 0.15) is 19.1 Å². The zero-order chi connectivity index (χ0) is 13.8. The molecular formula is C11H21N3O3S. The number of nitrogens with zero attached hydrogens (tertiary/aromatic N) is 1. The molecule has 0 bridgehead atoms. The van der Waals surface area contributed by atoms with Gasteiger partial charge >= 0.3 is 0 Å². The van der Waals surface area contributed by atoms with E-state index < -0.39 is 10.0 Å². The van der Waals surface area contributed by atoms with E-state index in [9.17, 15) is 8.42 Å². The number of rotatable bonds is 7. The Morgan fingerprint density at radius 1 is 1.44 bits per heavy atom. The van der Waals surface area contributed by atoms with Crippen molar-refractivity contribution in [1.82, 2.24) is 10.2 Å². The molecule has 0 aliphatic carbocycles. The van der Waals surface area contributed by atoms with Gasteiger partial charge in [-0.2, -0.15) is 0 Å². The van der Waals surface area contributed by atoms with Crippen LogP contribution in [0.4, 0.5) is 0 Å². The van der Waals surface area contributed by atoms with Gasteiger partial charge in [0.1, 0.15) is 5.76 Å². The van der Waals surface area contributed by atoms with E-state index >= 15 is 0 Å². The molecule has 1 rings (SSSR count). The molecule has 0 aliphatic rings. The molecule has 1 aromatic heterocycles. The molecular weight excluding hydrogens is 254 g/mol. The van der Waals surface area contributed by atoms with E-state index in [-0.39, 0.29) is 5.09 Å². The van der Waals surface area contributed by atoms with E-state index in [1.54, 1.807) is 6.07 Å². The molecule has 18 heavy (non-hydrogen) atoms. The number of primary sulfonamides is 1. The highest BCUT2D eigenvalue weighted by molar-refractivity contribution is 7.89. The molecule has 0 saturated heterocycles. The summed E-state index contributed by atoms with van der Waals surface area (Å²) < 4.78 is 27.2. The van der Waals surface area contributed by atoms with Crippen molar-refractivity contribution in [2.24, 2.45) is 5.14 Å². The summed E-state index contributed by atoms with van der Waals surface area (Å²) in [4.78, 5) is 2.12. The van der Waals surface area contributed by atoms with Crippen LogP contribution in [0, 0.1) is 0 Å². The van der Waals surface area contributed by atoms with Crippen LogP contribution in [0.3, 0.4) is 0 Å². The van der Waals surface area contributed by atoms with E-state index in [0.29, 0.717) is 18.3 Å². The molecule has 0 aromatic carbocycles. The van der Waals surface area contributed by atoms with Crippen LogP contribution in [0.5, 0.6) is 0 Å². The summed E-state index contributed by atoms with van der Waals surface area (Å²) >= 11 is 0. The third-order valence-corrected chi connectivity index (χ3v) is 3.33. The van der Waals surface area contributed by atoms with E-state index in [2.05, 4.69) is 17.1 Å². The van der Waals surface area contributed by atoms with Crippen molar-refractivity contribution in [3.05, 3.63) is 17.9 Å². The minimum atomic E-state index is -3.74. The molecule has 1 atom stereocenters. The second-order valence-corrected chi connectivity index (χ2v) is 6.13. The summed E-state index contributed by atoms with van der Waals surface area (Å²) in [7, 11) is 0.308. The monoisotopic (exact) mass is 275 g/mol. The lowest BCUT2D eigenvalue weighted by molar-refractivity contribution is 0.351. The van der Waals surface area contributed by atoms with Crippen LogP contribution in [0.15, 0.2) is 21.6 Å². The van der Waals surface area contributed by atoms with E-state index in [0.717, 1.165) is 13.0 Å². The molecule has 1 aromatic rings. The predicted molar refractivity (Wildman–Crippen MR) is 69.6 cm³/mol. The first-order valence-corrected chi connectivity index (χ1v) is 7.33. The first kappa shape index (κ1) is 15.2. The van der Waals surface area contributed by atoms with Crippen LogP contribution < -0.4 is 10.5 Å². The number of furan rings is 1. The minimum absolute atomic E-state index is 0.194. The Bertz CT molecular complexity index is 468. The van der Waals surface area contributed by atoms with Crippen LogP contribution in [0.2, 0.25) is 0 Å². The Labute approximate surface area is 108 Å². The van der Waals surface area contributed by atoms with Crippen molar-refractivity contribution in [1.29, 1.82) is 0 Å². The molecule has 1 unspecified atom stereocenters. The Morgan fingerprint density at radius 3 is 2.61 bits per heavy atom. The Kier molecular flexibility index (Phi) is 5.33. The summed E-state index contributed by atoms with van der Waals surface area (Å²) in [5.74, 6) is 0.565. The van der Waals surface area contributed by atoms with Crippen molar-refractivity contribution < 1.29 is 12.8 Å². The average molecular weight is 275 g/mol. The zero-order valence-corrected chi connectivity index (χ0v) is 11.8. The summed E-state index contributed by atoms with van der Waals surface area (Å²) in [5.41, 5.74) is 0. The van der Waals surface area contributed by atoms with Gasteiger partial charge in [0.25, 0.3) is 10.0 Å². The number of hydrogen-bond acceptors (Lipinski definition) is 5. The van der Waals surface area contributed by atoms with Gasteiger partial charge in [-0.3, -0.25) is 0 Å². The fourth-order valence-electron chi connectivity index (χ4n) is 1.43. The minimum Gasteiger partial charge on any atom is -0.447 e. The first-order valence-electron chi connectivity index (χ1n) is 5.78. The average Bonchev–Trinajstić information content (AvgIpc) is 2.71. The van der Waals surface area contributed by atoms with Gasteiger partial charge in [0.15, 0.2) is 0 Å². The van der Waals surface area contributed by atoms with E-state index in [1.165, 1.54) is 6.07 Å². The highest BCUT2D eigenvalue weighted by atomic mass is 32.2. The lowest BCUT2D eigenvalue weighted by Crippen LogP contribution is -2.29. The molecule has 0 amide bonds. The van der Waals surface area contributed by atoms with Crippen molar-refractivity contribution in [3.8, 4) is 0 Å². The first-order chi connectivity index (χ1) is 8.29. The summed E-state index contributed by atoms with van der Waals surface area (Å²) in [6.45, 7) is 3.56. The molecule has 0 saturated carbocycles. The van der Waals surface area contributed by atoms with E-state index in [4.69, 9.17) is 9.56 Å². The summed E-state index contributed by atoms with van der Waals surface area (Å²) in [6.07, 6.45) is 1.01. The van der Waals surface area contributed by atoms with Crippen LogP contribution in [-0.4, -0.2) is 40.0 Å². The Morgan fingerprint density at radius 2 is 2.11 bits per heavy atom. The maximum atomic E-state index is 11.0. The van der Waals surface area contributed by atoms with Crippen molar-refractivity contribution >= 4 is 10.0 Å². The molecule has 6 nitrogen and oxygen atoms in total. The van der Waals surface area contributed by atoms with Crippen molar-refractivity contribution in [2.75, 3.05) is 20.6 Å². The maximum Gasteiger partial charge on any atom is 0.271 e. The smallest absolute Gasteiger partial charge is 0.271 e. The highest BCUT2D eigenvalue weighted by Crippen LogP contribution is 2.12. The zero-order valence-electron chi connectivity index (χ0n) is 11.0. The van der Waals surface area contributed by atoms with Crippen LogP contribution in [-0.2, 0) is 16.6 Å². The van der Waals surface area contributed by atoms with Gasteiger partial charge in [-0.15, -0.1) is 0 Å². The van der Waals surface area contributed by atoms with Gasteiger partial charge in [-0.1, -0.05) is 0 Å². The van der Waals surface area contributed by atoms with Crippen LogP contribution in [0.25, 0.3) is 0 Å². The SMILES string of the molecule is CC(CCN(C)C)NCc1ccc(S(N)(=O)=O)o1. The molecule has 1 heterocycles. The normalized spacial score (nSPS) is 14.1. The Hall–Kier alpha value is -0.890. The third kappa shape index (κ3) is 5.18. The van der Waals surface area contributed by atoms with Gasteiger partial charge < -0.3 is 14.6 Å². The number of sulfonamides is 1. The summed E-state index contributed by atoms with van der Waals surface area (Å²) in [6, 6.07) is 3.32. The van der Waals surface area contributed by atoms with Gasteiger partial charge in [0, 0.05) is 6.04 Å². The quantitative estimate of drug-likeness (QED) is 0.750.